The SMILES string of the molecule is CNc1cc(F)c(F)c2c1[nH]c1ncc(-c3ccc4c(CN5CCOCC5)cc(C(=O)O)c(=O)n4c3)c(N3CC[C@H]4CN(C)C[C@H]43)c12. The number of anilines is 2. The van der Waals surface area contributed by atoms with Gasteiger partial charge >= 0.3 is 5.97 Å². The number of nitrogens with one attached hydrogen (secondary N) is 2. The normalized spacial score (nSPS) is 20.6. The Labute approximate surface area is 268 Å². The van der Waals surface area contributed by atoms with Gasteiger partial charge in [0, 0.05) is 81.9 Å². The smallest absolute Gasteiger partial charge is 0.341 e. The van der Waals surface area contributed by atoms with Gasteiger partial charge in [0.2, 0.25) is 0 Å². The number of ether oxygens (including phenoxy) is 1. The lowest BCUT2D eigenvalue weighted by atomic mass is 9.99. The lowest BCUT2D eigenvalue weighted by Crippen LogP contribution is -2.36. The molecule has 11 nitrogen and oxygen atoms in total. The summed E-state index contributed by atoms with van der Waals surface area (Å²) in [5.74, 6) is -2.81. The molecule has 0 spiro atoms. The molecule has 3 saturated heterocycles. The number of carboxylic acids is 1. The van der Waals surface area contributed by atoms with Crippen LogP contribution in [0.3, 0.4) is 0 Å². The quantitative estimate of drug-likeness (QED) is 0.253. The number of hydrogen-bond acceptors (Lipinski definition) is 8. The number of pyridine rings is 3. The summed E-state index contributed by atoms with van der Waals surface area (Å²) in [6.45, 7) is 5.51. The standard InChI is InChI=1S/C34H35F2N7O4/c1-37-24-12-23(35)29(36)27-28-31(42-6-5-19-14-40(2)17-26(19)42)22(13-38-32(28)39-30(24)27)18-3-4-25-20(15-41-7-9-47-10-8-41)11-21(34(45)46)33(44)43(25)16-18/h3-4,11-13,16,19,26,37H,5-10,14-15,17H2,1-2H3,(H,38,39)(H,45,46)/t19-,26+/m0/s1. The highest BCUT2D eigenvalue weighted by atomic mass is 19.2. The van der Waals surface area contributed by atoms with Crippen LogP contribution in [0.4, 0.5) is 20.2 Å². The number of carbonyl (C=O) groups is 1. The van der Waals surface area contributed by atoms with Crippen LogP contribution in [0.5, 0.6) is 0 Å². The Morgan fingerprint density at radius 1 is 1.15 bits per heavy atom. The molecule has 5 aromatic rings. The van der Waals surface area contributed by atoms with Crippen LogP contribution in [0.2, 0.25) is 0 Å². The minimum absolute atomic E-state index is 0.113. The molecule has 7 heterocycles. The molecule has 0 amide bonds. The van der Waals surface area contributed by atoms with E-state index < -0.39 is 23.2 Å². The number of halogens is 2. The van der Waals surface area contributed by atoms with Crippen molar-refractivity contribution in [3.63, 3.8) is 0 Å². The molecule has 0 unspecified atom stereocenters. The summed E-state index contributed by atoms with van der Waals surface area (Å²) in [4.78, 5) is 40.6. The molecule has 3 aliphatic rings. The van der Waals surface area contributed by atoms with E-state index in [-0.39, 0.29) is 17.0 Å². The summed E-state index contributed by atoms with van der Waals surface area (Å²) < 4.78 is 37.8. The molecule has 0 bridgehead atoms. The Kier molecular flexibility index (Phi) is 7.15. The number of morpholine rings is 1. The van der Waals surface area contributed by atoms with E-state index >= 15 is 8.78 Å². The summed E-state index contributed by atoms with van der Waals surface area (Å²) in [6, 6.07) is 6.48. The van der Waals surface area contributed by atoms with Gasteiger partial charge < -0.3 is 29.9 Å². The fraction of sp³-hybridized carbons (Fsp3) is 0.382. The van der Waals surface area contributed by atoms with E-state index in [1.165, 1.54) is 10.5 Å². The monoisotopic (exact) mass is 643 g/mol. The second kappa shape index (κ2) is 11.3. The molecule has 3 aliphatic heterocycles. The highest BCUT2D eigenvalue weighted by Crippen LogP contribution is 2.46. The fourth-order valence-electron chi connectivity index (χ4n) is 7.91. The zero-order valence-electron chi connectivity index (χ0n) is 26.1. The van der Waals surface area contributed by atoms with Gasteiger partial charge in [0.05, 0.1) is 46.4 Å². The van der Waals surface area contributed by atoms with Crippen molar-refractivity contribution in [2.45, 2.75) is 19.0 Å². The number of likely N-dealkylation sites (tertiary alicyclic amines) is 1. The second-order valence-corrected chi connectivity index (χ2v) is 12.9. The van der Waals surface area contributed by atoms with Crippen molar-refractivity contribution in [2.24, 2.45) is 5.92 Å². The highest BCUT2D eigenvalue weighted by Gasteiger charge is 2.42. The van der Waals surface area contributed by atoms with Crippen LogP contribution < -0.4 is 15.8 Å². The van der Waals surface area contributed by atoms with Gasteiger partial charge in [-0.05, 0) is 37.1 Å². The van der Waals surface area contributed by atoms with Crippen molar-refractivity contribution in [3.8, 4) is 11.1 Å². The van der Waals surface area contributed by atoms with E-state index in [0.717, 1.165) is 37.7 Å². The van der Waals surface area contributed by atoms with Crippen LogP contribution in [0.15, 0.2) is 41.5 Å². The predicted octanol–water partition coefficient (Wildman–Crippen LogP) is 3.99. The first-order valence-electron chi connectivity index (χ1n) is 15.9. The Morgan fingerprint density at radius 2 is 1.96 bits per heavy atom. The number of aromatic carboxylic acids is 1. The molecule has 13 heteroatoms. The Hall–Kier alpha value is -4.59. The number of likely N-dealkylation sites (N-methyl/N-ethyl adjacent to an activating group) is 1. The zero-order chi connectivity index (χ0) is 32.6. The highest BCUT2D eigenvalue weighted by molar-refractivity contribution is 6.18. The maximum atomic E-state index is 15.8. The third-order valence-corrected chi connectivity index (χ3v) is 10.1. The van der Waals surface area contributed by atoms with Gasteiger partial charge in [0.25, 0.3) is 5.56 Å². The van der Waals surface area contributed by atoms with Crippen molar-refractivity contribution in [2.75, 3.05) is 70.2 Å². The number of aromatic nitrogens is 3. The summed E-state index contributed by atoms with van der Waals surface area (Å²) in [5.41, 5.74) is 3.58. The molecular weight excluding hydrogens is 608 g/mol. The average molecular weight is 644 g/mol. The summed E-state index contributed by atoms with van der Waals surface area (Å²) in [7, 11) is 3.74. The van der Waals surface area contributed by atoms with E-state index in [0.29, 0.717) is 83.3 Å². The molecule has 3 fully saturated rings. The maximum Gasteiger partial charge on any atom is 0.341 e. The molecule has 4 aromatic heterocycles. The van der Waals surface area contributed by atoms with Crippen LogP contribution in [-0.4, -0.2) is 101 Å². The first-order valence-corrected chi connectivity index (χ1v) is 15.9. The van der Waals surface area contributed by atoms with Crippen LogP contribution in [0.1, 0.15) is 22.3 Å². The minimum atomic E-state index is -1.30. The second-order valence-electron chi connectivity index (χ2n) is 12.9. The van der Waals surface area contributed by atoms with Crippen molar-refractivity contribution in [3.05, 3.63) is 69.8 Å². The number of aromatic amines is 1. The van der Waals surface area contributed by atoms with Crippen LogP contribution in [0.25, 0.3) is 38.6 Å². The number of hydrogen-bond donors (Lipinski definition) is 3. The minimum Gasteiger partial charge on any atom is -0.477 e. The van der Waals surface area contributed by atoms with E-state index in [1.807, 2.05) is 12.1 Å². The van der Waals surface area contributed by atoms with Gasteiger partial charge in [-0.1, -0.05) is 6.07 Å². The van der Waals surface area contributed by atoms with E-state index in [4.69, 9.17) is 9.72 Å². The van der Waals surface area contributed by atoms with Crippen LogP contribution in [-0.2, 0) is 11.3 Å². The fourth-order valence-corrected chi connectivity index (χ4v) is 7.91. The predicted molar refractivity (Wildman–Crippen MR) is 176 cm³/mol. The number of carboxylic acid groups (broad SMARTS) is 1. The van der Waals surface area contributed by atoms with Gasteiger partial charge in [0.1, 0.15) is 11.2 Å². The van der Waals surface area contributed by atoms with Gasteiger partial charge in [-0.15, -0.1) is 0 Å². The Morgan fingerprint density at radius 3 is 2.72 bits per heavy atom. The number of nitrogens with zero attached hydrogens (tertiary/aromatic N) is 5. The number of fused-ring (bicyclic) bond motifs is 5. The molecule has 244 valence electrons. The molecule has 2 atom stereocenters. The third kappa shape index (κ3) is 4.75. The maximum absolute atomic E-state index is 15.8. The topological polar surface area (TPSA) is 118 Å². The Bertz CT molecular complexity index is 2140. The largest absolute Gasteiger partial charge is 0.477 e. The summed E-state index contributed by atoms with van der Waals surface area (Å²) >= 11 is 0. The first-order chi connectivity index (χ1) is 22.7. The molecule has 0 radical (unpaired) electrons. The molecule has 0 saturated carbocycles. The van der Waals surface area contributed by atoms with Gasteiger partial charge in [-0.25, -0.2) is 18.6 Å². The van der Waals surface area contributed by atoms with Crippen molar-refractivity contribution < 1.29 is 23.4 Å². The average Bonchev–Trinajstić information content (AvgIpc) is 3.76. The first kappa shape index (κ1) is 29.8. The molecule has 1 aromatic carbocycles. The molecule has 8 rings (SSSR count). The van der Waals surface area contributed by atoms with Crippen molar-refractivity contribution in [1.29, 1.82) is 0 Å². The zero-order valence-corrected chi connectivity index (χ0v) is 26.1. The molecule has 0 aliphatic carbocycles. The summed E-state index contributed by atoms with van der Waals surface area (Å²) in [5, 5.41) is 13.5. The Balaban J connectivity index is 1.38. The van der Waals surface area contributed by atoms with Gasteiger partial charge in [0.15, 0.2) is 11.6 Å². The number of benzene rings is 1. The lowest BCUT2D eigenvalue weighted by molar-refractivity contribution is 0.0343. The van der Waals surface area contributed by atoms with Crippen LogP contribution in [0, 0.1) is 17.6 Å². The third-order valence-electron chi connectivity index (χ3n) is 10.1. The number of H-pyrrole nitrogens is 1. The van der Waals surface area contributed by atoms with Gasteiger partial charge in [-0.2, -0.15) is 0 Å². The van der Waals surface area contributed by atoms with Gasteiger partial charge in [-0.3, -0.25) is 14.1 Å². The summed E-state index contributed by atoms with van der Waals surface area (Å²) in [6.07, 6.45) is 4.30. The van der Waals surface area contributed by atoms with Crippen molar-refractivity contribution >= 4 is 44.8 Å². The number of rotatable bonds is 6. The molecule has 3 N–H and O–H groups in total. The molecule has 47 heavy (non-hydrogen) atoms. The van der Waals surface area contributed by atoms with E-state index in [1.54, 1.807) is 19.4 Å². The molecular formula is C34H35F2N7O4. The lowest BCUT2D eigenvalue weighted by Gasteiger charge is -2.29. The van der Waals surface area contributed by atoms with E-state index in [9.17, 15) is 14.7 Å². The van der Waals surface area contributed by atoms with Crippen molar-refractivity contribution in [1.82, 2.24) is 24.2 Å². The van der Waals surface area contributed by atoms with Crippen LogP contribution >= 0.6 is 0 Å². The van der Waals surface area contributed by atoms with E-state index in [2.05, 4.69) is 32.0 Å².